The highest BCUT2D eigenvalue weighted by Crippen LogP contribution is 2.23. The van der Waals surface area contributed by atoms with Crippen molar-refractivity contribution in [2.75, 3.05) is 27.4 Å². The van der Waals surface area contributed by atoms with Crippen LogP contribution in [-0.4, -0.2) is 44.2 Å². The van der Waals surface area contributed by atoms with E-state index in [0.717, 1.165) is 34.9 Å². The minimum Gasteiger partial charge on any atom is -0.497 e. The fraction of sp³-hybridized carbons (Fsp3) is 0.450. The predicted molar refractivity (Wildman–Crippen MR) is 98.5 cm³/mol. The summed E-state index contributed by atoms with van der Waals surface area (Å²) < 4.78 is 10.6. The van der Waals surface area contributed by atoms with E-state index in [-0.39, 0.29) is 11.8 Å². The predicted octanol–water partition coefficient (Wildman–Crippen LogP) is 2.56. The van der Waals surface area contributed by atoms with Gasteiger partial charge in [-0.2, -0.15) is 0 Å². The van der Waals surface area contributed by atoms with Crippen molar-refractivity contribution in [1.82, 2.24) is 4.90 Å². The van der Waals surface area contributed by atoms with Gasteiger partial charge in [0, 0.05) is 26.8 Å². The number of methoxy groups -OCH3 is 1. The Morgan fingerprint density at radius 2 is 1.92 bits per heavy atom. The first-order valence-electron chi connectivity index (χ1n) is 8.73. The van der Waals surface area contributed by atoms with Gasteiger partial charge in [0.2, 0.25) is 5.91 Å². The molecule has 25 heavy (non-hydrogen) atoms. The van der Waals surface area contributed by atoms with E-state index in [9.17, 15) is 4.79 Å². The molecule has 1 atom stereocenters. The maximum absolute atomic E-state index is 12.6. The summed E-state index contributed by atoms with van der Waals surface area (Å²) in [6, 6.07) is 11.8. The van der Waals surface area contributed by atoms with E-state index in [1.54, 1.807) is 12.0 Å². The van der Waals surface area contributed by atoms with Crippen LogP contribution < -0.4 is 10.5 Å². The summed E-state index contributed by atoms with van der Waals surface area (Å²) in [5.74, 6) is 1.06. The van der Waals surface area contributed by atoms with E-state index in [0.29, 0.717) is 19.8 Å². The lowest BCUT2D eigenvalue weighted by Gasteiger charge is -2.30. The number of likely N-dealkylation sites (N-methyl/N-ethyl adjacent to an activating group) is 1. The normalized spacial score (nSPS) is 16.6. The van der Waals surface area contributed by atoms with Gasteiger partial charge in [0.25, 0.3) is 0 Å². The fourth-order valence-corrected chi connectivity index (χ4v) is 3.38. The number of hydrogen-bond acceptors (Lipinski definition) is 4. The zero-order chi connectivity index (χ0) is 17.8. The van der Waals surface area contributed by atoms with Crippen molar-refractivity contribution in [3.8, 4) is 5.75 Å². The molecule has 1 amide bonds. The molecule has 0 spiro atoms. The molecule has 2 aromatic rings. The lowest BCUT2D eigenvalue weighted by molar-refractivity contribution is -0.133. The molecule has 0 aliphatic carbocycles. The van der Waals surface area contributed by atoms with Crippen molar-refractivity contribution in [3.05, 3.63) is 42.0 Å². The van der Waals surface area contributed by atoms with Crippen LogP contribution in [0.25, 0.3) is 10.8 Å². The number of amides is 1. The zero-order valence-electron chi connectivity index (χ0n) is 14.9. The number of hydrogen-bond donors (Lipinski definition) is 1. The summed E-state index contributed by atoms with van der Waals surface area (Å²) in [5.41, 5.74) is 7.30. The number of carbonyl (C=O) groups is 1. The van der Waals surface area contributed by atoms with Crippen molar-refractivity contribution in [2.45, 2.75) is 25.4 Å². The summed E-state index contributed by atoms with van der Waals surface area (Å²) in [6.07, 6.45) is 1.72. The average Bonchev–Trinajstić information content (AvgIpc) is 2.67. The molecule has 134 valence electrons. The molecule has 0 radical (unpaired) electrons. The van der Waals surface area contributed by atoms with Crippen molar-refractivity contribution >= 4 is 16.7 Å². The molecule has 1 aliphatic rings. The Balaban J connectivity index is 1.68. The quantitative estimate of drug-likeness (QED) is 0.907. The summed E-state index contributed by atoms with van der Waals surface area (Å²) in [4.78, 5) is 14.4. The van der Waals surface area contributed by atoms with Crippen LogP contribution in [0.1, 0.15) is 18.4 Å². The second-order valence-corrected chi connectivity index (χ2v) is 6.72. The fourth-order valence-electron chi connectivity index (χ4n) is 3.38. The van der Waals surface area contributed by atoms with Gasteiger partial charge in [-0.1, -0.05) is 18.2 Å². The van der Waals surface area contributed by atoms with Gasteiger partial charge in [0.05, 0.1) is 13.2 Å². The first kappa shape index (κ1) is 17.7. The third-order valence-corrected chi connectivity index (χ3v) is 4.97. The number of benzene rings is 2. The van der Waals surface area contributed by atoms with Crippen LogP contribution in [0.4, 0.5) is 0 Å². The average molecular weight is 342 g/mol. The first-order chi connectivity index (χ1) is 12.1. The Morgan fingerprint density at radius 3 is 2.64 bits per heavy atom. The highest BCUT2D eigenvalue weighted by atomic mass is 16.5. The summed E-state index contributed by atoms with van der Waals surface area (Å²) in [6.45, 7) is 1.95. The van der Waals surface area contributed by atoms with Gasteiger partial charge < -0.3 is 20.1 Å². The second-order valence-electron chi connectivity index (χ2n) is 6.72. The molecular weight excluding hydrogens is 316 g/mol. The lowest BCUT2D eigenvalue weighted by Crippen LogP contribution is -2.47. The van der Waals surface area contributed by atoms with Gasteiger partial charge >= 0.3 is 0 Å². The van der Waals surface area contributed by atoms with Crippen LogP contribution in [-0.2, 0) is 16.1 Å². The van der Waals surface area contributed by atoms with Crippen LogP contribution >= 0.6 is 0 Å². The summed E-state index contributed by atoms with van der Waals surface area (Å²) in [7, 11) is 3.48. The van der Waals surface area contributed by atoms with Gasteiger partial charge in [0.1, 0.15) is 5.75 Å². The maximum Gasteiger partial charge on any atom is 0.239 e. The van der Waals surface area contributed by atoms with E-state index < -0.39 is 6.04 Å². The molecule has 2 aromatic carbocycles. The molecule has 1 heterocycles. The third-order valence-electron chi connectivity index (χ3n) is 4.97. The topological polar surface area (TPSA) is 64.8 Å². The van der Waals surface area contributed by atoms with E-state index in [2.05, 4.69) is 12.1 Å². The van der Waals surface area contributed by atoms with Gasteiger partial charge in [0.15, 0.2) is 0 Å². The van der Waals surface area contributed by atoms with Crippen LogP contribution in [0.5, 0.6) is 5.75 Å². The van der Waals surface area contributed by atoms with Gasteiger partial charge in [-0.25, -0.2) is 0 Å². The number of ether oxygens (including phenoxy) is 2. The number of rotatable bonds is 5. The first-order valence-corrected chi connectivity index (χ1v) is 8.73. The Hall–Kier alpha value is -2.11. The van der Waals surface area contributed by atoms with E-state index >= 15 is 0 Å². The molecular formula is C20H26N2O3. The minimum absolute atomic E-state index is 0.00160. The molecule has 5 nitrogen and oxygen atoms in total. The molecule has 5 heteroatoms. The lowest BCUT2D eigenvalue weighted by atomic mass is 9.91. The molecule has 1 saturated heterocycles. The van der Waals surface area contributed by atoms with Crippen LogP contribution in [0, 0.1) is 5.92 Å². The number of fused-ring (bicyclic) bond motifs is 1. The van der Waals surface area contributed by atoms with Crippen LogP contribution in [0.2, 0.25) is 0 Å². The highest BCUT2D eigenvalue weighted by molar-refractivity contribution is 5.85. The van der Waals surface area contributed by atoms with E-state index in [4.69, 9.17) is 15.2 Å². The molecule has 2 N–H and O–H groups in total. The molecule has 3 rings (SSSR count). The minimum atomic E-state index is -0.446. The SMILES string of the molecule is COc1ccc2cc(CN(C)C(=O)C(N)C3CCOCC3)ccc2c1. The van der Waals surface area contributed by atoms with Crippen molar-refractivity contribution in [3.63, 3.8) is 0 Å². The highest BCUT2D eigenvalue weighted by Gasteiger charge is 2.28. The van der Waals surface area contributed by atoms with Gasteiger partial charge in [-0.15, -0.1) is 0 Å². The molecule has 0 saturated carbocycles. The largest absolute Gasteiger partial charge is 0.497 e. The Kier molecular flexibility index (Phi) is 5.56. The second kappa shape index (κ2) is 7.85. The Labute approximate surface area is 148 Å². The summed E-state index contributed by atoms with van der Waals surface area (Å²) >= 11 is 0. The van der Waals surface area contributed by atoms with Crippen molar-refractivity contribution in [2.24, 2.45) is 11.7 Å². The Morgan fingerprint density at radius 1 is 1.24 bits per heavy atom. The summed E-state index contributed by atoms with van der Waals surface area (Å²) in [5, 5.41) is 2.25. The Bertz CT molecular complexity index is 741. The number of nitrogens with two attached hydrogens (primary N) is 1. The van der Waals surface area contributed by atoms with Crippen molar-refractivity contribution < 1.29 is 14.3 Å². The molecule has 0 bridgehead atoms. The number of nitrogens with zero attached hydrogens (tertiary/aromatic N) is 1. The van der Waals surface area contributed by atoms with Gasteiger partial charge in [-0.3, -0.25) is 4.79 Å². The smallest absolute Gasteiger partial charge is 0.239 e. The molecule has 1 aliphatic heterocycles. The molecule has 1 unspecified atom stereocenters. The maximum atomic E-state index is 12.6. The molecule has 0 aromatic heterocycles. The van der Waals surface area contributed by atoms with Crippen LogP contribution in [0.3, 0.4) is 0 Å². The molecule has 1 fully saturated rings. The third kappa shape index (κ3) is 4.11. The van der Waals surface area contributed by atoms with Gasteiger partial charge in [-0.05, 0) is 53.3 Å². The monoisotopic (exact) mass is 342 g/mol. The van der Waals surface area contributed by atoms with E-state index in [1.165, 1.54) is 0 Å². The standard InChI is InChI=1S/C20H26N2O3/c1-22(20(23)19(21)15-7-9-25-10-8-15)13-14-3-4-17-12-18(24-2)6-5-16(17)11-14/h3-6,11-12,15,19H,7-10,13,21H2,1-2H3. The zero-order valence-corrected chi connectivity index (χ0v) is 14.9. The van der Waals surface area contributed by atoms with Crippen LogP contribution in [0.15, 0.2) is 36.4 Å². The van der Waals surface area contributed by atoms with E-state index in [1.807, 2.05) is 31.3 Å². The van der Waals surface area contributed by atoms with Crippen molar-refractivity contribution in [1.29, 1.82) is 0 Å². The number of carbonyl (C=O) groups excluding carboxylic acids is 1.